The summed E-state index contributed by atoms with van der Waals surface area (Å²) in [5.74, 6) is 0. The molecule has 562 valence electrons. The van der Waals surface area contributed by atoms with Crippen LogP contribution in [0.25, 0.3) is 99.5 Å². The van der Waals surface area contributed by atoms with E-state index in [2.05, 4.69) is 389 Å². The van der Waals surface area contributed by atoms with Gasteiger partial charge in [0, 0.05) is 55.7 Å². The van der Waals surface area contributed by atoms with Crippen LogP contribution < -0.4 is 26.2 Å². The highest BCUT2D eigenvalue weighted by Crippen LogP contribution is 2.53. The molecule has 2 aliphatic heterocycles. The number of para-hydroxylation sites is 2. The Morgan fingerprint density at radius 2 is 0.717 bits per heavy atom. The first kappa shape index (κ1) is 68.4. The van der Waals surface area contributed by atoms with Gasteiger partial charge in [-0.25, -0.2) is 0 Å². The van der Waals surface area contributed by atoms with Crippen molar-refractivity contribution in [2.75, 3.05) is 9.80 Å². The normalized spacial score (nSPS) is 14.1. The largest absolute Gasteiger partial charge is 0.311 e. The van der Waals surface area contributed by atoms with E-state index in [1.54, 1.807) is 0 Å². The summed E-state index contributed by atoms with van der Waals surface area (Å²) in [6.07, 6.45) is 0. The molecule has 0 spiro atoms. The summed E-state index contributed by atoms with van der Waals surface area (Å²) in [7, 11) is 0. The molecule has 0 saturated heterocycles. The van der Waals surface area contributed by atoms with Crippen molar-refractivity contribution in [1.29, 1.82) is 5.26 Å². The molecule has 0 radical (unpaired) electrons. The maximum absolute atomic E-state index is 12.4. The summed E-state index contributed by atoms with van der Waals surface area (Å²) in [4.78, 5) is 4.87. The van der Waals surface area contributed by atoms with E-state index in [-0.39, 0.29) is 50.1 Å². The van der Waals surface area contributed by atoms with Crippen LogP contribution in [0.1, 0.15) is 197 Å². The number of aromatic nitrogens is 2. The lowest BCUT2D eigenvalue weighted by molar-refractivity contribution is 0.568. The summed E-state index contributed by atoms with van der Waals surface area (Å²) < 4.78 is 51.6. The van der Waals surface area contributed by atoms with Gasteiger partial charge in [-0.1, -0.05) is 309 Å². The fraction of sp³-hybridized carbons (Fsp3) is 0.262. The predicted molar refractivity (Wildman–Crippen MR) is 487 cm³/mol. The molecule has 13 aromatic carbocycles. The van der Waals surface area contributed by atoms with E-state index in [9.17, 15) is 10.7 Å². The number of benzene rings is 13. The summed E-state index contributed by atoms with van der Waals surface area (Å²) in [5.41, 5.74) is 28.1. The number of hydrogen-bond donors (Lipinski definition) is 0. The van der Waals surface area contributed by atoms with Gasteiger partial charge in [0.05, 0.1) is 45.9 Å². The van der Waals surface area contributed by atoms with Crippen LogP contribution in [0.3, 0.4) is 0 Å². The zero-order chi connectivity index (χ0) is 84.1. The van der Waals surface area contributed by atoms with E-state index in [1.165, 1.54) is 44.2 Å². The molecular weight excluding hydrogens is 1370 g/mol. The molecule has 113 heavy (non-hydrogen) atoms. The van der Waals surface area contributed by atoms with Crippen LogP contribution in [0.5, 0.6) is 0 Å². The number of rotatable bonds is 8. The third-order valence-electron chi connectivity index (χ3n) is 24.0. The van der Waals surface area contributed by atoms with Crippen LogP contribution in [0.15, 0.2) is 261 Å². The van der Waals surface area contributed by atoms with Crippen LogP contribution in [0, 0.1) is 11.3 Å². The molecule has 2 aromatic heterocycles. The molecule has 0 fully saturated rings. The summed E-state index contributed by atoms with van der Waals surface area (Å²) in [6.45, 7) is 47.6. The van der Waals surface area contributed by atoms with E-state index in [4.69, 9.17) is 1.37 Å². The highest BCUT2D eigenvalue weighted by atomic mass is 15.2. The minimum absolute atomic E-state index is 0.0873. The predicted octanol–water partition coefficient (Wildman–Crippen LogP) is 27.6. The number of hydrogen-bond acceptors (Lipinski definition) is 3. The van der Waals surface area contributed by atoms with Gasteiger partial charge in [-0.15, -0.1) is 0 Å². The average Bonchev–Trinajstić information content (AvgIpc) is 1.34. The molecule has 17 rings (SSSR count). The van der Waals surface area contributed by atoms with E-state index in [0.29, 0.717) is 22.5 Å². The van der Waals surface area contributed by atoms with Crippen LogP contribution in [0.4, 0.5) is 34.1 Å². The first-order chi connectivity index (χ1) is 55.5. The Kier molecular flexibility index (Phi) is 16.0. The minimum atomic E-state index is -0.515. The molecule has 0 N–H and O–H groups in total. The van der Waals surface area contributed by atoms with Crippen LogP contribution in [0.2, 0.25) is 0 Å². The maximum Gasteiger partial charge on any atom is 0.252 e. The standard InChI is InChI=1S/C107H106BN5/c1-101(2,3)75-41-46-92-85(61-75)86-62-76(102(4,5)6)42-47-93(86)110(92)81-43-45-89-97(63-81)111(82-53-69(67-34-26-23-27-35-67)48-70(54-82)71-49-77(103(7,8)9)59-78(50-71)104(10,11)12)98-57-73(72-51-79(105(13,14)15)60-80(52-72)106(16,17)18)58-99-100(98)108(89)88-44-40-68(66-32-24-22-25-33-66)56-96(88)113(99)94-64-95(87(107(19,20)21)55-74(94)65-109)112-90-38-30-28-36-83(90)84-37-29-31-39-91(84)112/h22-64H,1-21H3/i22D,24D,25D,32D,33D. The van der Waals surface area contributed by atoms with Gasteiger partial charge in [0.1, 0.15) is 6.07 Å². The van der Waals surface area contributed by atoms with Crippen molar-refractivity contribution in [2.24, 2.45) is 0 Å². The second-order valence-electron chi connectivity index (χ2n) is 39.2. The molecular formula is C107H106BN5. The van der Waals surface area contributed by atoms with Crippen molar-refractivity contribution in [3.63, 3.8) is 0 Å². The number of fused-ring (bicyclic) bond motifs is 10. The second-order valence-corrected chi connectivity index (χ2v) is 39.2. The highest BCUT2D eigenvalue weighted by Gasteiger charge is 2.46. The average molecular weight is 1480 g/mol. The number of nitriles is 1. The molecule has 0 bridgehead atoms. The first-order valence-corrected chi connectivity index (χ1v) is 40.3. The van der Waals surface area contributed by atoms with E-state index in [0.717, 1.165) is 122 Å². The van der Waals surface area contributed by atoms with Crippen molar-refractivity contribution >= 4 is 101 Å². The van der Waals surface area contributed by atoms with Crippen LogP contribution in [-0.4, -0.2) is 15.8 Å². The van der Waals surface area contributed by atoms with Gasteiger partial charge >= 0.3 is 0 Å². The fourth-order valence-corrected chi connectivity index (χ4v) is 17.5. The second kappa shape index (κ2) is 26.4. The minimum Gasteiger partial charge on any atom is -0.311 e. The summed E-state index contributed by atoms with van der Waals surface area (Å²) in [6, 6.07) is 87.1. The highest BCUT2D eigenvalue weighted by molar-refractivity contribution is 7.00. The molecule has 15 aromatic rings. The SMILES string of the molecule is [2H]c1c([2H])c([2H])c(-c2ccc3c(c2)N(c2cc(-n4c5ccccc5c5ccccc54)c(C(C)(C)C)cc2C#N)c2cc(-c4cc(C(C)(C)C)cc(C(C)(C)C)c4)cc4c2B3c2ccc(-n3c5ccc(C(C)(C)C)cc5c5cc(C(C)(C)C)ccc53)cc2N4c2cc(-c3ccccc3)cc(-c3cc(C(C)(C)C)cc(C(C)(C)C)c3)c2)c([2H])c1[2H]. The van der Waals surface area contributed by atoms with Gasteiger partial charge in [0.15, 0.2) is 0 Å². The Labute approximate surface area is 678 Å². The Morgan fingerprint density at radius 1 is 0.283 bits per heavy atom. The van der Waals surface area contributed by atoms with Crippen molar-refractivity contribution in [2.45, 2.75) is 183 Å². The molecule has 0 unspecified atom stereocenters. The Morgan fingerprint density at radius 3 is 1.21 bits per heavy atom. The molecule has 6 heteroatoms. The Bertz CT molecular complexity index is 6540. The van der Waals surface area contributed by atoms with Crippen LogP contribution >= 0.6 is 0 Å². The lowest BCUT2D eigenvalue weighted by atomic mass is 9.33. The van der Waals surface area contributed by atoms with E-state index in [1.807, 2.05) is 12.1 Å². The van der Waals surface area contributed by atoms with E-state index >= 15 is 0 Å². The monoisotopic (exact) mass is 1480 g/mol. The topological polar surface area (TPSA) is 40.1 Å². The zero-order valence-electron chi connectivity index (χ0n) is 74.8. The lowest BCUT2D eigenvalue weighted by Gasteiger charge is -2.45. The van der Waals surface area contributed by atoms with E-state index < -0.39 is 30.3 Å². The number of anilines is 6. The maximum atomic E-state index is 12.4. The van der Waals surface area contributed by atoms with Gasteiger partial charge < -0.3 is 18.9 Å². The van der Waals surface area contributed by atoms with Gasteiger partial charge in [0.25, 0.3) is 6.71 Å². The summed E-state index contributed by atoms with van der Waals surface area (Å²) >= 11 is 0. The van der Waals surface area contributed by atoms with Gasteiger partial charge in [-0.3, -0.25) is 0 Å². The molecule has 0 amide bonds. The van der Waals surface area contributed by atoms with Crippen molar-refractivity contribution in [3.05, 3.63) is 305 Å². The first-order valence-electron chi connectivity index (χ1n) is 42.8. The molecule has 5 nitrogen and oxygen atoms in total. The number of nitrogens with zero attached hydrogens (tertiary/aromatic N) is 5. The van der Waals surface area contributed by atoms with Crippen molar-refractivity contribution in [1.82, 2.24) is 9.13 Å². The van der Waals surface area contributed by atoms with Gasteiger partial charge in [0.2, 0.25) is 0 Å². The van der Waals surface area contributed by atoms with Crippen LogP contribution in [-0.2, 0) is 37.9 Å². The summed E-state index contributed by atoms with van der Waals surface area (Å²) in [5, 5.41) is 17.0. The lowest BCUT2D eigenvalue weighted by Crippen LogP contribution is -2.61. The van der Waals surface area contributed by atoms with Crippen molar-refractivity contribution in [3.8, 4) is 62.0 Å². The zero-order valence-corrected chi connectivity index (χ0v) is 69.8. The van der Waals surface area contributed by atoms with Gasteiger partial charge in [-0.05, 0) is 235 Å². The molecule has 0 aliphatic carbocycles. The molecule has 4 heterocycles. The Balaban J connectivity index is 1.08. The molecule has 0 atom stereocenters. The molecule has 2 aliphatic rings. The Hall–Kier alpha value is -11.4. The third-order valence-corrected chi connectivity index (χ3v) is 24.0. The third kappa shape index (κ3) is 13.0. The molecule has 0 saturated carbocycles. The van der Waals surface area contributed by atoms with Crippen molar-refractivity contribution < 1.29 is 6.85 Å². The quantitative estimate of drug-likeness (QED) is 0.142. The fourth-order valence-electron chi connectivity index (χ4n) is 17.5. The van der Waals surface area contributed by atoms with Gasteiger partial charge in [-0.2, -0.15) is 5.26 Å². The smallest absolute Gasteiger partial charge is 0.252 e.